The number of hydrogen-bond donors (Lipinski definition) is 2. The minimum Gasteiger partial charge on any atom is -0.507 e. The molecule has 0 aliphatic carbocycles. The molecule has 0 spiro atoms. The molecule has 2 rings (SSSR count). The van der Waals surface area contributed by atoms with Crippen molar-refractivity contribution < 1.29 is 19.4 Å². The van der Waals surface area contributed by atoms with Crippen molar-refractivity contribution in [3.05, 3.63) is 78.1 Å². The molecule has 2 N–H and O–H groups in total. The number of phenols is 1. The summed E-state index contributed by atoms with van der Waals surface area (Å²) in [6.45, 7) is 6.39. The molecule has 0 unspecified atom stereocenters. The molecule has 1 aliphatic rings. The lowest BCUT2D eigenvalue weighted by Gasteiger charge is -2.25. The quantitative estimate of drug-likeness (QED) is 0.262. The normalized spacial score (nSPS) is 23.5. The summed E-state index contributed by atoms with van der Waals surface area (Å²) in [4.78, 5) is 24.8. The lowest BCUT2D eigenvalue weighted by Crippen LogP contribution is -2.24. The first-order valence-corrected chi connectivity index (χ1v) is 11.4. The molecule has 0 radical (unpaired) electrons. The largest absolute Gasteiger partial charge is 0.507 e. The minimum atomic E-state index is -0.514. The van der Waals surface area contributed by atoms with Gasteiger partial charge in [-0.3, -0.25) is 4.79 Å². The second-order valence-corrected chi connectivity index (χ2v) is 8.28. The molecule has 0 saturated heterocycles. The maximum absolute atomic E-state index is 12.9. The fourth-order valence-electron chi connectivity index (χ4n) is 3.56. The standard InChI is InChI=1S/C27H35NO4/c1-4-5-6-7-17-25(30)28-18-11-15-23-19-21(3)20(2)12-8-9-13-22-14-10-16-24(29)26(22)27(31)32-23/h5-11,14,16-18,20-21,23,29H,4,12-13,15,19H2,1-3H3,(H,28,30)/b6-5-,9-8+,17-7-,18-11+/t20-,21+,23-/m1/s1. The summed E-state index contributed by atoms with van der Waals surface area (Å²) in [6.07, 6.45) is 17.8. The summed E-state index contributed by atoms with van der Waals surface area (Å²) in [5, 5.41) is 13.0. The van der Waals surface area contributed by atoms with Gasteiger partial charge in [0.2, 0.25) is 5.91 Å². The van der Waals surface area contributed by atoms with Crippen LogP contribution in [0.25, 0.3) is 0 Å². The first-order chi connectivity index (χ1) is 15.4. The molecule has 172 valence electrons. The molecule has 3 atom stereocenters. The van der Waals surface area contributed by atoms with Crippen LogP contribution in [0.4, 0.5) is 0 Å². The van der Waals surface area contributed by atoms with Crippen LogP contribution < -0.4 is 5.32 Å². The second-order valence-electron chi connectivity index (χ2n) is 8.28. The van der Waals surface area contributed by atoms with Crippen molar-refractivity contribution in [2.45, 2.75) is 59.0 Å². The van der Waals surface area contributed by atoms with Gasteiger partial charge >= 0.3 is 5.97 Å². The van der Waals surface area contributed by atoms with Crippen molar-refractivity contribution in [3.63, 3.8) is 0 Å². The number of amides is 1. The number of benzene rings is 1. The van der Waals surface area contributed by atoms with E-state index in [-0.39, 0.29) is 23.3 Å². The highest BCUT2D eigenvalue weighted by atomic mass is 16.5. The molecule has 5 nitrogen and oxygen atoms in total. The van der Waals surface area contributed by atoms with Crippen molar-refractivity contribution in [2.24, 2.45) is 11.8 Å². The average molecular weight is 438 g/mol. The van der Waals surface area contributed by atoms with Crippen molar-refractivity contribution in [1.82, 2.24) is 5.32 Å². The number of rotatable bonds is 6. The molecule has 1 aromatic rings. The number of esters is 1. The summed E-state index contributed by atoms with van der Waals surface area (Å²) in [5.74, 6) is -0.00678. The van der Waals surface area contributed by atoms with Gasteiger partial charge in [0.25, 0.3) is 0 Å². The summed E-state index contributed by atoms with van der Waals surface area (Å²) >= 11 is 0. The maximum Gasteiger partial charge on any atom is 0.342 e. The molecule has 1 heterocycles. The topological polar surface area (TPSA) is 75.6 Å². The Bertz CT molecular complexity index is 882. The molecular weight excluding hydrogens is 402 g/mol. The van der Waals surface area contributed by atoms with Crippen LogP contribution in [0.2, 0.25) is 0 Å². The Hall–Kier alpha value is -3.08. The average Bonchev–Trinajstić information content (AvgIpc) is 2.76. The Morgan fingerprint density at radius 3 is 2.78 bits per heavy atom. The summed E-state index contributed by atoms with van der Waals surface area (Å²) < 4.78 is 5.84. The van der Waals surface area contributed by atoms with E-state index in [1.165, 1.54) is 12.1 Å². The first-order valence-electron chi connectivity index (χ1n) is 11.4. The minimum absolute atomic E-state index is 0.0650. The molecule has 0 fully saturated rings. The number of aromatic hydroxyl groups is 1. The fourth-order valence-corrected chi connectivity index (χ4v) is 3.56. The molecule has 1 aliphatic heterocycles. The zero-order valence-corrected chi connectivity index (χ0v) is 19.3. The number of fused-ring (bicyclic) bond motifs is 1. The maximum atomic E-state index is 12.9. The van der Waals surface area contributed by atoms with E-state index in [4.69, 9.17) is 4.74 Å². The van der Waals surface area contributed by atoms with Gasteiger partial charge in [0, 0.05) is 18.7 Å². The highest BCUT2D eigenvalue weighted by Gasteiger charge is 2.24. The number of carbonyl (C=O) groups is 2. The monoisotopic (exact) mass is 437 g/mol. The van der Waals surface area contributed by atoms with Crippen LogP contribution in [0.5, 0.6) is 5.75 Å². The van der Waals surface area contributed by atoms with Gasteiger partial charge in [-0.15, -0.1) is 0 Å². The Balaban J connectivity index is 2.11. The molecule has 5 heteroatoms. The van der Waals surface area contributed by atoms with Gasteiger partial charge in [0.05, 0.1) is 0 Å². The molecule has 1 amide bonds. The number of ether oxygens (including phenoxy) is 1. The summed E-state index contributed by atoms with van der Waals surface area (Å²) in [5.41, 5.74) is 0.976. The Kier molecular flexibility index (Phi) is 10.5. The molecular formula is C27H35NO4. The summed E-state index contributed by atoms with van der Waals surface area (Å²) in [7, 11) is 0. The van der Waals surface area contributed by atoms with Gasteiger partial charge < -0.3 is 15.2 Å². The van der Waals surface area contributed by atoms with Gasteiger partial charge in [-0.25, -0.2) is 4.79 Å². The Morgan fingerprint density at radius 1 is 1.19 bits per heavy atom. The lowest BCUT2D eigenvalue weighted by molar-refractivity contribution is -0.115. The number of cyclic esters (lactones) is 1. The van der Waals surface area contributed by atoms with Crippen LogP contribution in [0.3, 0.4) is 0 Å². The van der Waals surface area contributed by atoms with Crippen LogP contribution in [0.1, 0.15) is 62.4 Å². The van der Waals surface area contributed by atoms with Crippen molar-refractivity contribution in [1.29, 1.82) is 0 Å². The predicted octanol–water partition coefficient (Wildman–Crippen LogP) is 5.62. The lowest BCUT2D eigenvalue weighted by atomic mass is 9.87. The third kappa shape index (κ3) is 8.22. The van der Waals surface area contributed by atoms with E-state index in [0.29, 0.717) is 31.1 Å². The van der Waals surface area contributed by atoms with Gasteiger partial charge in [-0.1, -0.05) is 69.4 Å². The van der Waals surface area contributed by atoms with Crippen molar-refractivity contribution in [3.8, 4) is 5.75 Å². The number of allylic oxidation sites excluding steroid dienone is 5. The van der Waals surface area contributed by atoms with E-state index in [2.05, 4.69) is 25.2 Å². The molecule has 0 bridgehead atoms. The van der Waals surface area contributed by atoms with Crippen LogP contribution in [0.15, 0.2) is 66.9 Å². The van der Waals surface area contributed by atoms with E-state index in [1.807, 2.05) is 31.2 Å². The molecule has 1 aromatic carbocycles. The number of nitrogens with one attached hydrogen (secondary N) is 1. The zero-order chi connectivity index (χ0) is 23.3. The summed E-state index contributed by atoms with van der Waals surface area (Å²) in [6, 6.07) is 5.08. The molecule has 32 heavy (non-hydrogen) atoms. The number of phenolic OH excluding ortho intramolecular Hbond substituents is 1. The van der Waals surface area contributed by atoms with Crippen LogP contribution in [-0.4, -0.2) is 23.1 Å². The van der Waals surface area contributed by atoms with Crippen LogP contribution in [0, 0.1) is 11.8 Å². The third-order valence-electron chi connectivity index (χ3n) is 5.70. The predicted molar refractivity (Wildman–Crippen MR) is 128 cm³/mol. The van der Waals surface area contributed by atoms with Gasteiger partial charge in [0.15, 0.2) is 0 Å². The Labute approximate surface area is 191 Å². The Morgan fingerprint density at radius 2 is 2.00 bits per heavy atom. The van der Waals surface area contributed by atoms with E-state index >= 15 is 0 Å². The van der Waals surface area contributed by atoms with Crippen LogP contribution >= 0.6 is 0 Å². The first kappa shape index (κ1) is 25.2. The van der Waals surface area contributed by atoms with Gasteiger partial charge in [0.1, 0.15) is 17.4 Å². The van der Waals surface area contributed by atoms with Crippen LogP contribution in [-0.2, 0) is 16.0 Å². The second kappa shape index (κ2) is 13.4. The molecule has 0 saturated carbocycles. The highest BCUT2D eigenvalue weighted by molar-refractivity contribution is 5.94. The van der Waals surface area contributed by atoms with Gasteiger partial charge in [-0.2, -0.15) is 0 Å². The van der Waals surface area contributed by atoms with E-state index in [0.717, 1.165) is 18.4 Å². The van der Waals surface area contributed by atoms with E-state index in [1.54, 1.807) is 24.4 Å². The van der Waals surface area contributed by atoms with E-state index in [9.17, 15) is 14.7 Å². The fraction of sp³-hybridized carbons (Fsp3) is 0.407. The van der Waals surface area contributed by atoms with Crippen molar-refractivity contribution >= 4 is 11.9 Å². The number of carbonyl (C=O) groups excluding carboxylic acids is 2. The smallest absolute Gasteiger partial charge is 0.342 e. The zero-order valence-electron chi connectivity index (χ0n) is 19.3. The number of hydrogen-bond acceptors (Lipinski definition) is 4. The SMILES string of the molecule is CC/C=C\C=C/C(=O)N/C=C/C[C@@H]1C[C@H](C)[C@H](C)C/C=C/Cc2cccc(O)c2C(=O)O1. The third-order valence-corrected chi connectivity index (χ3v) is 5.70. The molecule has 0 aromatic heterocycles. The highest BCUT2D eigenvalue weighted by Crippen LogP contribution is 2.28. The van der Waals surface area contributed by atoms with Gasteiger partial charge in [-0.05, 0) is 49.1 Å². The van der Waals surface area contributed by atoms with Crippen molar-refractivity contribution in [2.75, 3.05) is 0 Å². The van der Waals surface area contributed by atoms with E-state index < -0.39 is 5.97 Å².